The van der Waals surface area contributed by atoms with E-state index in [1.54, 1.807) is 0 Å². The Hall–Kier alpha value is -1.53. The SMILES string of the molecule is C=C(C[S+](CC(=O)C[S+](CCC(=O)OC)CCC(=O)OC)C(=C)COOC)OOC. The Morgan fingerprint density at radius 1 is 0.800 bits per heavy atom. The van der Waals surface area contributed by atoms with E-state index >= 15 is 0 Å². The maximum Gasteiger partial charge on any atom is 0.310 e. The van der Waals surface area contributed by atoms with Crippen LogP contribution in [0.4, 0.5) is 0 Å². The third-order valence-electron chi connectivity index (χ3n) is 3.63. The van der Waals surface area contributed by atoms with Crippen LogP contribution >= 0.6 is 0 Å². The summed E-state index contributed by atoms with van der Waals surface area (Å²) in [6.45, 7) is 7.87. The second kappa shape index (κ2) is 17.2. The zero-order chi connectivity index (χ0) is 22.9. The largest absolute Gasteiger partial charge is 0.469 e. The van der Waals surface area contributed by atoms with E-state index in [4.69, 9.17) is 9.78 Å². The lowest BCUT2D eigenvalue weighted by atomic mass is 10.5. The average Bonchev–Trinajstić information content (AvgIpc) is 2.72. The van der Waals surface area contributed by atoms with Crippen LogP contribution in [0, 0.1) is 0 Å². The molecule has 9 nitrogen and oxygen atoms in total. The van der Waals surface area contributed by atoms with Gasteiger partial charge in [-0.25, -0.2) is 9.78 Å². The first-order valence-electron chi connectivity index (χ1n) is 8.96. The highest BCUT2D eigenvalue weighted by molar-refractivity contribution is 8.01. The van der Waals surface area contributed by atoms with E-state index in [2.05, 4.69) is 32.4 Å². The van der Waals surface area contributed by atoms with E-state index in [0.29, 0.717) is 27.9 Å². The summed E-state index contributed by atoms with van der Waals surface area (Å²) in [7, 11) is 4.31. The molecule has 172 valence electrons. The van der Waals surface area contributed by atoms with E-state index in [1.807, 2.05) is 0 Å². The number of ether oxygens (including phenoxy) is 2. The summed E-state index contributed by atoms with van der Waals surface area (Å²) < 4.78 is 9.34. The van der Waals surface area contributed by atoms with Crippen LogP contribution in [0.3, 0.4) is 0 Å². The molecule has 0 saturated heterocycles. The molecule has 0 N–H and O–H groups in total. The lowest BCUT2D eigenvalue weighted by Crippen LogP contribution is -2.31. The average molecular weight is 469 g/mol. The molecule has 0 aromatic carbocycles. The standard InChI is InChI=1S/C19H32O9S2/c1-15(28-26-6)12-30(16(2)11-27-25-5)14-17(20)13-29(9-7-18(21)23-3)10-8-19(22)24-4/h1-2,7-14H2,3-6H3/q+2. The molecule has 30 heavy (non-hydrogen) atoms. The fraction of sp³-hybridized carbons (Fsp3) is 0.632. The van der Waals surface area contributed by atoms with Crippen LogP contribution < -0.4 is 0 Å². The second-order valence-electron chi connectivity index (χ2n) is 5.89. The smallest absolute Gasteiger partial charge is 0.310 e. The summed E-state index contributed by atoms with van der Waals surface area (Å²) in [5.41, 5.74) is 0. The van der Waals surface area contributed by atoms with Gasteiger partial charge in [-0.1, -0.05) is 6.58 Å². The van der Waals surface area contributed by atoms with Gasteiger partial charge in [-0.2, -0.15) is 4.89 Å². The first kappa shape index (κ1) is 28.5. The molecule has 0 aromatic heterocycles. The number of carbonyl (C=O) groups is 3. The van der Waals surface area contributed by atoms with Gasteiger partial charge in [0.1, 0.15) is 11.5 Å². The number of rotatable bonds is 18. The first-order valence-corrected chi connectivity index (χ1v) is 12.3. The minimum Gasteiger partial charge on any atom is -0.469 e. The van der Waals surface area contributed by atoms with Crippen molar-refractivity contribution in [2.75, 3.05) is 63.8 Å². The number of ketones is 1. The van der Waals surface area contributed by atoms with Crippen LogP contribution in [0.1, 0.15) is 12.8 Å². The molecule has 0 saturated carbocycles. The monoisotopic (exact) mass is 468 g/mol. The van der Waals surface area contributed by atoms with Gasteiger partial charge in [-0.15, -0.1) is 0 Å². The van der Waals surface area contributed by atoms with Crippen molar-refractivity contribution in [3.63, 3.8) is 0 Å². The van der Waals surface area contributed by atoms with Gasteiger partial charge in [-0.3, -0.25) is 14.4 Å². The Balaban J connectivity index is 5.03. The molecule has 0 aliphatic rings. The Bertz CT molecular complexity index is 560. The van der Waals surface area contributed by atoms with Gasteiger partial charge in [0, 0.05) is 10.9 Å². The van der Waals surface area contributed by atoms with Gasteiger partial charge in [0.25, 0.3) is 0 Å². The van der Waals surface area contributed by atoms with Crippen LogP contribution in [0.15, 0.2) is 23.8 Å². The molecule has 0 bridgehead atoms. The molecule has 0 spiro atoms. The maximum atomic E-state index is 12.8. The molecule has 1 atom stereocenters. The number of hydrogen-bond donors (Lipinski definition) is 0. The molecule has 0 aliphatic carbocycles. The summed E-state index contributed by atoms with van der Waals surface area (Å²) in [6, 6.07) is 0. The van der Waals surface area contributed by atoms with Crippen molar-refractivity contribution >= 4 is 39.5 Å². The highest BCUT2D eigenvalue weighted by atomic mass is 32.2. The Morgan fingerprint density at radius 3 is 1.83 bits per heavy atom. The van der Waals surface area contributed by atoms with Gasteiger partial charge >= 0.3 is 11.9 Å². The van der Waals surface area contributed by atoms with Crippen LogP contribution in [0.2, 0.25) is 0 Å². The van der Waals surface area contributed by atoms with Crippen molar-refractivity contribution < 1.29 is 43.4 Å². The molecule has 0 rings (SSSR count). The predicted octanol–water partition coefficient (Wildman–Crippen LogP) is 1.10. The number of hydrogen-bond acceptors (Lipinski definition) is 9. The number of Topliss-reactive ketones (excluding diaryl/α,β-unsaturated/α-hetero) is 1. The molecule has 0 aliphatic heterocycles. The predicted molar refractivity (Wildman–Crippen MR) is 117 cm³/mol. The van der Waals surface area contributed by atoms with E-state index < -0.39 is 21.8 Å². The van der Waals surface area contributed by atoms with Crippen molar-refractivity contribution in [1.29, 1.82) is 0 Å². The Kier molecular flexibility index (Phi) is 16.3. The molecular formula is C19H32O9S2+2. The highest BCUT2D eigenvalue weighted by Crippen LogP contribution is 2.16. The molecule has 0 amide bonds. The van der Waals surface area contributed by atoms with E-state index in [-0.39, 0.29) is 48.7 Å². The third-order valence-corrected chi connectivity index (χ3v) is 8.20. The molecular weight excluding hydrogens is 436 g/mol. The lowest BCUT2D eigenvalue weighted by molar-refractivity contribution is -0.263. The van der Waals surface area contributed by atoms with Crippen LogP contribution in [-0.2, 0) is 65.2 Å². The van der Waals surface area contributed by atoms with Gasteiger partial charge in [0.05, 0.1) is 41.3 Å². The van der Waals surface area contributed by atoms with Gasteiger partial charge < -0.3 is 14.4 Å². The highest BCUT2D eigenvalue weighted by Gasteiger charge is 2.33. The molecule has 1 unspecified atom stereocenters. The Morgan fingerprint density at radius 2 is 1.37 bits per heavy atom. The van der Waals surface area contributed by atoms with E-state index in [1.165, 1.54) is 28.4 Å². The second-order valence-corrected chi connectivity index (χ2v) is 10.4. The molecule has 11 heteroatoms. The fourth-order valence-electron chi connectivity index (χ4n) is 2.17. The van der Waals surface area contributed by atoms with Gasteiger partial charge in [0.15, 0.2) is 34.5 Å². The normalized spacial score (nSPS) is 11.6. The minimum atomic E-state index is -0.610. The van der Waals surface area contributed by atoms with Crippen molar-refractivity contribution in [2.24, 2.45) is 0 Å². The maximum absolute atomic E-state index is 12.8. The minimum absolute atomic E-state index is 0.0137. The number of carbonyl (C=O) groups excluding carboxylic acids is 3. The van der Waals surface area contributed by atoms with Crippen molar-refractivity contribution in [3.05, 3.63) is 23.8 Å². The molecule has 0 heterocycles. The van der Waals surface area contributed by atoms with E-state index in [0.717, 1.165) is 0 Å². The van der Waals surface area contributed by atoms with Gasteiger partial charge in [-0.05, 0) is 17.5 Å². The van der Waals surface area contributed by atoms with Crippen molar-refractivity contribution in [3.8, 4) is 0 Å². The molecule has 0 aromatic rings. The topological polar surface area (TPSA) is 107 Å². The number of methoxy groups -OCH3 is 2. The van der Waals surface area contributed by atoms with Crippen molar-refractivity contribution in [1.82, 2.24) is 0 Å². The van der Waals surface area contributed by atoms with Crippen LogP contribution in [-0.4, -0.2) is 81.5 Å². The lowest BCUT2D eigenvalue weighted by Gasteiger charge is -2.12. The van der Waals surface area contributed by atoms with Gasteiger partial charge in [0.2, 0.25) is 5.78 Å². The summed E-state index contributed by atoms with van der Waals surface area (Å²) >= 11 is 0. The Labute approximate surface area is 183 Å². The zero-order valence-corrected chi connectivity index (χ0v) is 19.7. The van der Waals surface area contributed by atoms with Crippen LogP contribution in [0.5, 0.6) is 0 Å². The summed E-state index contributed by atoms with van der Waals surface area (Å²) in [4.78, 5) is 55.5. The quantitative estimate of drug-likeness (QED) is 0.0961. The van der Waals surface area contributed by atoms with E-state index in [9.17, 15) is 14.4 Å². The molecule has 0 radical (unpaired) electrons. The summed E-state index contributed by atoms with van der Waals surface area (Å²) in [5.74, 6) is 1.39. The summed E-state index contributed by atoms with van der Waals surface area (Å²) in [6.07, 6.45) is 0.374. The van der Waals surface area contributed by atoms with Crippen LogP contribution in [0.25, 0.3) is 0 Å². The summed E-state index contributed by atoms with van der Waals surface area (Å²) in [5, 5.41) is 0. The first-order chi connectivity index (χ1) is 14.3. The van der Waals surface area contributed by atoms with Crippen molar-refractivity contribution in [2.45, 2.75) is 12.8 Å². The fourth-order valence-corrected chi connectivity index (χ4v) is 5.91. The zero-order valence-electron chi connectivity index (χ0n) is 18.1. The third kappa shape index (κ3) is 13.6. The number of esters is 2. The molecule has 0 fully saturated rings.